The summed E-state index contributed by atoms with van der Waals surface area (Å²) in [5.41, 5.74) is 0.170. The van der Waals surface area contributed by atoms with E-state index in [-0.39, 0.29) is 17.0 Å². The van der Waals surface area contributed by atoms with E-state index in [2.05, 4.69) is 15.0 Å². The summed E-state index contributed by atoms with van der Waals surface area (Å²) >= 11 is 0. The van der Waals surface area contributed by atoms with Crippen LogP contribution in [0.4, 0.5) is 19.1 Å². The van der Waals surface area contributed by atoms with E-state index in [4.69, 9.17) is 0 Å². The Bertz CT molecular complexity index is 959. The molecule has 1 saturated heterocycles. The second-order valence-corrected chi connectivity index (χ2v) is 7.16. The van der Waals surface area contributed by atoms with Gasteiger partial charge in [0.1, 0.15) is 11.3 Å². The normalized spacial score (nSPS) is 15.4. The van der Waals surface area contributed by atoms with Gasteiger partial charge >= 0.3 is 6.18 Å². The van der Waals surface area contributed by atoms with Crippen LogP contribution < -0.4 is 4.90 Å². The average Bonchev–Trinajstić information content (AvgIpc) is 3.03. The molecule has 0 saturated carbocycles. The topological polar surface area (TPSA) is 46.8 Å². The molecule has 1 aliphatic rings. The first-order valence-corrected chi connectivity index (χ1v) is 9.53. The number of nitrogens with zero attached hydrogens (tertiary/aromatic N) is 5. The highest BCUT2D eigenvalue weighted by Crippen LogP contribution is 2.34. The second kappa shape index (κ2) is 7.41. The number of anilines is 1. The van der Waals surface area contributed by atoms with Crippen molar-refractivity contribution in [2.75, 3.05) is 18.0 Å². The predicted octanol–water partition coefficient (Wildman–Crippen LogP) is 4.16. The van der Waals surface area contributed by atoms with Crippen LogP contribution in [0.2, 0.25) is 0 Å². The highest BCUT2D eigenvalue weighted by molar-refractivity contribution is 5.77. The largest absolute Gasteiger partial charge is 0.435 e. The number of fused-ring (bicyclic) bond motifs is 1. The van der Waals surface area contributed by atoms with Crippen LogP contribution in [-0.4, -0.2) is 32.6 Å². The van der Waals surface area contributed by atoms with Gasteiger partial charge in [0.2, 0.25) is 5.95 Å². The smallest absolute Gasteiger partial charge is 0.342 e. The van der Waals surface area contributed by atoms with Crippen LogP contribution in [0.5, 0.6) is 0 Å². The molecule has 0 radical (unpaired) electrons. The monoisotopic (exact) mass is 389 g/mol. The maximum atomic E-state index is 13.7. The molecule has 3 heterocycles. The van der Waals surface area contributed by atoms with Crippen LogP contribution in [0.25, 0.3) is 11.2 Å². The highest BCUT2D eigenvalue weighted by Gasteiger charge is 2.38. The fourth-order valence-corrected chi connectivity index (χ4v) is 3.68. The molecule has 1 aromatic carbocycles. The van der Waals surface area contributed by atoms with Crippen LogP contribution in [0.15, 0.2) is 30.3 Å². The Morgan fingerprint density at radius 3 is 2.32 bits per heavy atom. The van der Waals surface area contributed by atoms with Crippen molar-refractivity contribution in [3.05, 3.63) is 47.4 Å². The van der Waals surface area contributed by atoms with Gasteiger partial charge in [0.15, 0.2) is 11.3 Å². The first-order valence-electron chi connectivity index (χ1n) is 9.53. The molecule has 28 heavy (non-hydrogen) atoms. The van der Waals surface area contributed by atoms with Gasteiger partial charge in [-0.1, -0.05) is 30.3 Å². The molecule has 1 aliphatic heterocycles. The van der Waals surface area contributed by atoms with Gasteiger partial charge in [-0.3, -0.25) is 4.57 Å². The fraction of sp³-hybridized carbons (Fsp3) is 0.450. The number of benzene rings is 1. The molecular formula is C20H22F3N5. The van der Waals surface area contributed by atoms with Crippen LogP contribution in [0.3, 0.4) is 0 Å². The number of hydrogen-bond donors (Lipinski definition) is 0. The number of hydrogen-bond acceptors (Lipinski definition) is 4. The number of halogens is 3. The standard InChI is InChI=1S/C20H22F3N5/c1-27-18-16(26-19(27)28-12-6-3-7-13-28)17(20(21,22)23)24-15(25-18)11-10-14-8-4-2-5-9-14/h2,4-5,8-9H,3,6-7,10-13H2,1H3. The summed E-state index contributed by atoms with van der Waals surface area (Å²) in [6.07, 6.45) is -0.478. The molecule has 0 atom stereocenters. The van der Waals surface area contributed by atoms with Crippen molar-refractivity contribution in [3.63, 3.8) is 0 Å². The molecule has 0 aliphatic carbocycles. The Hall–Kier alpha value is -2.64. The third-order valence-corrected chi connectivity index (χ3v) is 5.13. The molecule has 0 bridgehead atoms. The van der Waals surface area contributed by atoms with Crippen molar-refractivity contribution in [2.24, 2.45) is 7.05 Å². The molecule has 148 valence electrons. The molecule has 0 spiro atoms. The minimum absolute atomic E-state index is 0.168. The third kappa shape index (κ3) is 3.68. The molecule has 4 rings (SSSR count). The Morgan fingerprint density at radius 1 is 0.929 bits per heavy atom. The molecule has 8 heteroatoms. The quantitative estimate of drug-likeness (QED) is 0.672. The molecule has 0 N–H and O–H groups in total. The number of aromatic nitrogens is 4. The van der Waals surface area contributed by atoms with E-state index in [0.29, 0.717) is 18.8 Å². The Labute approximate surface area is 161 Å². The summed E-state index contributed by atoms with van der Waals surface area (Å²) in [7, 11) is 1.73. The number of piperidine rings is 1. The van der Waals surface area contributed by atoms with Gasteiger partial charge in [0, 0.05) is 26.6 Å². The van der Waals surface area contributed by atoms with Gasteiger partial charge in [-0.05, 0) is 31.2 Å². The lowest BCUT2D eigenvalue weighted by atomic mass is 10.1. The molecule has 5 nitrogen and oxygen atoms in total. The van der Waals surface area contributed by atoms with Gasteiger partial charge in [0.25, 0.3) is 0 Å². The highest BCUT2D eigenvalue weighted by atomic mass is 19.4. The van der Waals surface area contributed by atoms with Gasteiger partial charge in [-0.2, -0.15) is 13.2 Å². The lowest BCUT2D eigenvalue weighted by Crippen LogP contribution is -2.31. The van der Waals surface area contributed by atoms with E-state index in [0.717, 1.165) is 37.9 Å². The Balaban J connectivity index is 1.74. The van der Waals surface area contributed by atoms with Crippen LogP contribution in [0, 0.1) is 0 Å². The van der Waals surface area contributed by atoms with Gasteiger partial charge < -0.3 is 4.90 Å². The second-order valence-electron chi connectivity index (χ2n) is 7.16. The summed E-state index contributed by atoms with van der Waals surface area (Å²) in [5.74, 6) is 0.728. The van der Waals surface area contributed by atoms with Crippen molar-refractivity contribution < 1.29 is 13.2 Å². The summed E-state index contributed by atoms with van der Waals surface area (Å²) < 4.78 is 42.7. The van der Waals surface area contributed by atoms with Crippen molar-refractivity contribution in [1.82, 2.24) is 19.5 Å². The van der Waals surface area contributed by atoms with E-state index in [1.54, 1.807) is 11.6 Å². The van der Waals surface area contributed by atoms with Crippen LogP contribution in [0.1, 0.15) is 36.3 Å². The Morgan fingerprint density at radius 2 is 1.64 bits per heavy atom. The maximum Gasteiger partial charge on any atom is 0.435 e. The van der Waals surface area contributed by atoms with Crippen LogP contribution in [-0.2, 0) is 26.1 Å². The first kappa shape index (κ1) is 18.7. The third-order valence-electron chi connectivity index (χ3n) is 5.13. The number of alkyl halides is 3. The van der Waals surface area contributed by atoms with E-state index in [9.17, 15) is 13.2 Å². The maximum absolute atomic E-state index is 13.7. The summed E-state index contributed by atoms with van der Waals surface area (Å²) in [6.45, 7) is 1.60. The molecule has 0 unspecified atom stereocenters. The minimum atomic E-state index is -4.57. The van der Waals surface area contributed by atoms with E-state index in [1.807, 2.05) is 35.2 Å². The van der Waals surface area contributed by atoms with E-state index < -0.39 is 11.9 Å². The van der Waals surface area contributed by atoms with Crippen molar-refractivity contribution in [3.8, 4) is 0 Å². The first-order chi connectivity index (χ1) is 13.4. The van der Waals surface area contributed by atoms with Crippen LogP contribution >= 0.6 is 0 Å². The van der Waals surface area contributed by atoms with Gasteiger partial charge in [-0.15, -0.1) is 0 Å². The molecule has 2 aromatic heterocycles. The lowest BCUT2D eigenvalue weighted by molar-refractivity contribution is -0.140. The van der Waals surface area contributed by atoms with Crippen molar-refractivity contribution in [2.45, 2.75) is 38.3 Å². The van der Waals surface area contributed by atoms with Gasteiger partial charge in [0.05, 0.1) is 0 Å². The Kier molecular flexibility index (Phi) is 4.95. The lowest BCUT2D eigenvalue weighted by Gasteiger charge is -2.27. The fourth-order valence-electron chi connectivity index (χ4n) is 3.68. The molecular weight excluding hydrogens is 367 g/mol. The number of imidazole rings is 1. The van der Waals surface area contributed by atoms with E-state index >= 15 is 0 Å². The minimum Gasteiger partial charge on any atom is -0.342 e. The average molecular weight is 389 g/mol. The number of aryl methyl sites for hydroxylation is 3. The number of rotatable bonds is 4. The summed E-state index contributed by atoms with van der Waals surface area (Å²) in [6, 6.07) is 9.62. The zero-order chi connectivity index (χ0) is 19.7. The van der Waals surface area contributed by atoms with Crippen molar-refractivity contribution in [1.29, 1.82) is 0 Å². The zero-order valence-electron chi connectivity index (χ0n) is 15.7. The summed E-state index contributed by atoms with van der Waals surface area (Å²) in [5, 5.41) is 0. The zero-order valence-corrected chi connectivity index (χ0v) is 15.7. The molecule has 1 fully saturated rings. The summed E-state index contributed by atoms with van der Waals surface area (Å²) in [4.78, 5) is 14.6. The van der Waals surface area contributed by atoms with E-state index in [1.165, 1.54) is 0 Å². The van der Waals surface area contributed by atoms with Gasteiger partial charge in [-0.25, -0.2) is 15.0 Å². The molecule has 3 aromatic rings. The SMILES string of the molecule is Cn1c(N2CCCCC2)nc2c(C(F)(F)F)nc(CCc3ccccc3)nc21. The molecule has 0 amide bonds. The predicted molar refractivity (Wildman–Crippen MR) is 101 cm³/mol. The van der Waals surface area contributed by atoms with Crippen molar-refractivity contribution >= 4 is 17.1 Å².